The largest absolute Gasteiger partial charge is 0.124 e. The summed E-state index contributed by atoms with van der Waals surface area (Å²) in [6, 6.07) is 0. The fourth-order valence-corrected chi connectivity index (χ4v) is 2.86. The summed E-state index contributed by atoms with van der Waals surface area (Å²) >= 11 is 0. The second-order valence-corrected chi connectivity index (χ2v) is 6.97. The van der Waals surface area contributed by atoms with Crippen molar-refractivity contribution in [1.82, 2.24) is 0 Å². The van der Waals surface area contributed by atoms with Crippen LogP contribution in [0.4, 0.5) is 0 Å². The zero-order valence-corrected chi connectivity index (χ0v) is 24.4. The molecule has 0 rings (SSSR count). The summed E-state index contributed by atoms with van der Waals surface area (Å²) in [5.41, 5.74) is 1.48. The minimum atomic E-state index is 0.706. The smallest absolute Gasteiger partial charge is 0.0131 e. The van der Waals surface area contributed by atoms with Gasteiger partial charge in [-0.2, -0.15) is 0 Å². The maximum Gasteiger partial charge on any atom is -0.0131 e. The third-order valence-electron chi connectivity index (χ3n) is 4.02. The molecule has 0 nitrogen and oxygen atoms in total. The molecule has 1 unspecified atom stereocenters. The molecule has 1 atom stereocenters. The Morgan fingerprint density at radius 2 is 1.10 bits per heavy atom. The van der Waals surface area contributed by atoms with Gasteiger partial charge in [-0.1, -0.05) is 138 Å². The molecule has 0 heterocycles. The Morgan fingerprint density at radius 1 is 0.710 bits per heavy atom. The first kappa shape index (κ1) is 43.6. The summed E-state index contributed by atoms with van der Waals surface area (Å²) in [7, 11) is 0. The molecule has 0 radical (unpaired) electrons. The first-order valence-corrected chi connectivity index (χ1v) is 13.3. The van der Waals surface area contributed by atoms with Crippen molar-refractivity contribution in [3.63, 3.8) is 0 Å². The SMILES string of the molecule is C#C.C/C=C\CC(CCC)C(/C=C\C)=C/C.CC.CC.CCC.CCCC(C)CCC. The fraction of sp³-hybridized carbons (Fsp3) is 0.742. The maximum absolute atomic E-state index is 4.00. The number of allylic oxidation sites excluding steroid dienone is 6. The molecular formula is C31H64. The second-order valence-electron chi connectivity index (χ2n) is 6.97. The van der Waals surface area contributed by atoms with E-state index in [0.717, 1.165) is 5.92 Å². The number of hydrogen-bond donors (Lipinski definition) is 0. The highest BCUT2D eigenvalue weighted by Crippen LogP contribution is 2.22. The molecule has 0 fully saturated rings. The van der Waals surface area contributed by atoms with Crippen molar-refractivity contribution < 1.29 is 0 Å². The lowest BCUT2D eigenvalue weighted by atomic mass is 9.90. The van der Waals surface area contributed by atoms with Gasteiger partial charge in [-0.25, -0.2) is 0 Å². The standard InChI is InChI=1S/C14H24.C8H18.C3H8.2C2H6.C2H2/c1-5-9-12-14(11-7-3)13(8-4)10-6-2;1-4-6-8(3)7-5-2;1-3-2;3*1-2/h5-6,8-10,14H,7,11-12H2,1-4H3;8H,4-7H2,1-3H3;3H2,1-2H3;2*1-2H3;1-2H/b9-5-,10-6-,13-8+;;;;;. The van der Waals surface area contributed by atoms with Gasteiger partial charge in [0, 0.05) is 0 Å². The van der Waals surface area contributed by atoms with Crippen LogP contribution in [0.1, 0.15) is 141 Å². The summed E-state index contributed by atoms with van der Waals surface area (Å²) in [5.74, 6) is 1.67. The number of rotatable bonds is 10. The maximum atomic E-state index is 4.00. The summed E-state index contributed by atoms with van der Waals surface area (Å²) in [6.45, 7) is 27.7. The quantitative estimate of drug-likeness (QED) is 0.181. The monoisotopic (exact) mass is 437 g/mol. The summed E-state index contributed by atoms with van der Waals surface area (Å²) in [4.78, 5) is 0. The second kappa shape index (κ2) is 51.4. The average Bonchev–Trinajstić information content (AvgIpc) is 2.80. The highest BCUT2D eigenvalue weighted by atomic mass is 14.1. The zero-order valence-electron chi connectivity index (χ0n) is 24.4. The van der Waals surface area contributed by atoms with Crippen LogP contribution in [0.5, 0.6) is 0 Å². The van der Waals surface area contributed by atoms with Crippen molar-refractivity contribution >= 4 is 0 Å². The Labute approximate surface area is 202 Å². The lowest BCUT2D eigenvalue weighted by Crippen LogP contribution is -2.01. The topological polar surface area (TPSA) is 0 Å². The first-order chi connectivity index (χ1) is 15.0. The molecule has 0 bridgehead atoms. The Balaban J connectivity index is -0.0000000777. The molecule has 0 N–H and O–H groups in total. The average molecular weight is 437 g/mol. The van der Waals surface area contributed by atoms with E-state index in [9.17, 15) is 0 Å². The lowest BCUT2D eigenvalue weighted by Gasteiger charge is -2.15. The molecule has 188 valence electrons. The number of hydrogen-bond acceptors (Lipinski definition) is 0. The third kappa shape index (κ3) is 47.8. The lowest BCUT2D eigenvalue weighted by molar-refractivity contribution is 0.480. The van der Waals surface area contributed by atoms with E-state index >= 15 is 0 Å². The molecule has 0 heteroatoms. The number of terminal acetylenes is 1. The van der Waals surface area contributed by atoms with Crippen LogP contribution >= 0.6 is 0 Å². The summed E-state index contributed by atoms with van der Waals surface area (Å²) in [6.07, 6.45) is 29.5. The molecule has 0 saturated heterocycles. The van der Waals surface area contributed by atoms with Crippen LogP contribution in [0.15, 0.2) is 36.0 Å². The summed E-state index contributed by atoms with van der Waals surface area (Å²) < 4.78 is 0. The van der Waals surface area contributed by atoms with Crippen LogP contribution in [0.2, 0.25) is 0 Å². The zero-order chi connectivity index (χ0) is 25.9. The minimum absolute atomic E-state index is 0.706. The van der Waals surface area contributed by atoms with Gasteiger partial charge in [-0.15, -0.1) is 12.8 Å². The van der Waals surface area contributed by atoms with Crippen molar-refractivity contribution in [2.24, 2.45) is 11.8 Å². The van der Waals surface area contributed by atoms with Gasteiger partial charge < -0.3 is 0 Å². The van der Waals surface area contributed by atoms with Gasteiger partial charge in [-0.3, -0.25) is 0 Å². The Bertz CT molecular complexity index is 334. The van der Waals surface area contributed by atoms with Crippen LogP contribution < -0.4 is 0 Å². The van der Waals surface area contributed by atoms with Gasteiger partial charge >= 0.3 is 0 Å². The molecular weight excluding hydrogens is 372 g/mol. The Morgan fingerprint density at radius 3 is 1.35 bits per heavy atom. The minimum Gasteiger partial charge on any atom is -0.124 e. The predicted octanol–water partition coefficient (Wildman–Crippen LogP) is 11.8. The van der Waals surface area contributed by atoms with E-state index in [1.54, 1.807) is 0 Å². The molecule has 0 saturated carbocycles. The first-order valence-electron chi connectivity index (χ1n) is 13.3. The molecule has 0 amide bonds. The van der Waals surface area contributed by atoms with Gasteiger partial charge in [0.05, 0.1) is 0 Å². The molecule has 0 aromatic carbocycles. The van der Waals surface area contributed by atoms with Crippen LogP contribution in [0.25, 0.3) is 0 Å². The fourth-order valence-electron chi connectivity index (χ4n) is 2.86. The molecule has 0 aromatic rings. The van der Waals surface area contributed by atoms with E-state index < -0.39 is 0 Å². The van der Waals surface area contributed by atoms with Crippen molar-refractivity contribution in [3.8, 4) is 12.8 Å². The van der Waals surface area contributed by atoms with E-state index in [2.05, 4.69) is 106 Å². The predicted molar refractivity (Wildman–Crippen MR) is 154 cm³/mol. The molecule has 0 aromatic heterocycles. The highest BCUT2D eigenvalue weighted by molar-refractivity contribution is 5.21. The third-order valence-corrected chi connectivity index (χ3v) is 4.02. The van der Waals surface area contributed by atoms with Gasteiger partial charge in [0.15, 0.2) is 0 Å². The van der Waals surface area contributed by atoms with E-state index in [1.165, 1.54) is 56.9 Å². The van der Waals surface area contributed by atoms with Gasteiger partial charge in [-0.05, 0) is 51.0 Å². The van der Waals surface area contributed by atoms with Crippen LogP contribution in [0, 0.1) is 24.7 Å². The molecule has 0 aliphatic carbocycles. The Kier molecular flexibility index (Phi) is 72.4. The Hall–Kier alpha value is -1.22. The van der Waals surface area contributed by atoms with Gasteiger partial charge in [0.2, 0.25) is 0 Å². The van der Waals surface area contributed by atoms with E-state index in [-0.39, 0.29) is 0 Å². The van der Waals surface area contributed by atoms with Crippen molar-refractivity contribution in [1.29, 1.82) is 0 Å². The highest BCUT2D eigenvalue weighted by Gasteiger charge is 2.08. The molecule has 31 heavy (non-hydrogen) atoms. The van der Waals surface area contributed by atoms with E-state index in [0.29, 0.717) is 5.92 Å². The van der Waals surface area contributed by atoms with Crippen molar-refractivity contribution in [2.45, 2.75) is 141 Å². The van der Waals surface area contributed by atoms with E-state index in [4.69, 9.17) is 0 Å². The van der Waals surface area contributed by atoms with Crippen molar-refractivity contribution in [2.75, 3.05) is 0 Å². The molecule has 0 aliphatic heterocycles. The van der Waals surface area contributed by atoms with E-state index in [1.807, 2.05) is 27.7 Å². The normalized spacial score (nSPS) is 10.8. The summed E-state index contributed by atoms with van der Waals surface area (Å²) in [5, 5.41) is 0. The van der Waals surface area contributed by atoms with Crippen LogP contribution in [0.3, 0.4) is 0 Å². The van der Waals surface area contributed by atoms with Crippen molar-refractivity contribution in [3.05, 3.63) is 36.0 Å². The van der Waals surface area contributed by atoms with Gasteiger partial charge in [0.1, 0.15) is 0 Å². The van der Waals surface area contributed by atoms with Crippen LogP contribution in [-0.2, 0) is 0 Å². The van der Waals surface area contributed by atoms with Gasteiger partial charge in [0.25, 0.3) is 0 Å². The van der Waals surface area contributed by atoms with Crippen LogP contribution in [-0.4, -0.2) is 0 Å². The molecule has 0 aliphatic rings. The molecule has 0 spiro atoms.